The maximum Gasteiger partial charge on any atom is 0.309 e. The number of fused-ring (bicyclic) bond motifs is 1. The minimum atomic E-state index is -1.64. The predicted octanol–water partition coefficient (Wildman–Crippen LogP) is 4.02. The molecule has 7 heteroatoms. The normalized spacial score (nSPS) is 13.4. The van der Waals surface area contributed by atoms with Crippen molar-refractivity contribution in [1.29, 1.82) is 0 Å². The van der Waals surface area contributed by atoms with E-state index in [9.17, 15) is 14.7 Å². The van der Waals surface area contributed by atoms with Crippen molar-refractivity contribution < 1.29 is 19.4 Å². The number of rotatable bonds is 8. The van der Waals surface area contributed by atoms with E-state index in [-0.39, 0.29) is 31.0 Å². The van der Waals surface area contributed by atoms with Crippen LogP contribution in [0.15, 0.2) is 48.9 Å². The maximum absolute atomic E-state index is 13.1. The number of aliphatic hydroxyl groups is 1. The summed E-state index contributed by atoms with van der Waals surface area (Å²) in [5, 5.41) is 13.3. The number of amides is 1. The largest absolute Gasteiger partial charge is 0.466 e. The molecular weight excluding hydrogens is 418 g/mol. The summed E-state index contributed by atoms with van der Waals surface area (Å²) in [6.45, 7) is 9.99. The third-order valence-electron chi connectivity index (χ3n) is 5.75. The van der Waals surface area contributed by atoms with Gasteiger partial charge in [0.15, 0.2) is 0 Å². The van der Waals surface area contributed by atoms with E-state index in [1.165, 1.54) is 0 Å². The van der Waals surface area contributed by atoms with Gasteiger partial charge in [0.25, 0.3) is 5.91 Å². The standard InChI is InChI=1S/C26H33N3O4/c1-7-33-24(30)14-26(32,23-15-28(6)16-27-23)22-11-10-19-12-21(9-8-20(19)13-22)25(31)29(17(2)3)18(4)5/h8-13,15-18,32H,7,14H2,1-6H3. The van der Waals surface area contributed by atoms with Crippen molar-refractivity contribution in [2.75, 3.05) is 6.61 Å². The number of hydrogen-bond donors (Lipinski definition) is 1. The highest BCUT2D eigenvalue weighted by Gasteiger charge is 2.37. The van der Waals surface area contributed by atoms with Crippen LogP contribution in [0.3, 0.4) is 0 Å². The smallest absolute Gasteiger partial charge is 0.309 e. The molecule has 3 rings (SSSR count). The molecule has 0 fully saturated rings. The number of aryl methyl sites for hydroxylation is 1. The number of benzene rings is 2. The number of nitrogens with zero attached hydrogens (tertiary/aromatic N) is 3. The highest BCUT2D eigenvalue weighted by Crippen LogP contribution is 2.34. The summed E-state index contributed by atoms with van der Waals surface area (Å²) in [5.41, 5.74) is -0.118. The minimum Gasteiger partial charge on any atom is -0.466 e. The minimum absolute atomic E-state index is 0.0155. The Labute approximate surface area is 195 Å². The molecule has 1 unspecified atom stereocenters. The molecule has 176 valence electrons. The van der Waals surface area contributed by atoms with Crippen molar-refractivity contribution in [3.63, 3.8) is 0 Å². The third kappa shape index (κ3) is 5.09. The number of ether oxygens (including phenoxy) is 1. The van der Waals surface area contributed by atoms with Crippen LogP contribution in [-0.2, 0) is 22.2 Å². The lowest BCUT2D eigenvalue weighted by Gasteiger charge is -2.31. The fourth-order valence-corrected chi connectivity index (χ4v) is 4.24. The lowest BCUT2D eigenvalue weighted by atomic mass is 9.86. The van der Waals surface area contributed by atoms with E-state index in [0.717, 1.165) is 10.8 Å². The average molecular weight is 452 g/mol. The summed E-state index contributed by atoms with van der Waals surface area (Å²) < 4.78 is 6.82. The van der Waals surface area contributed by atoms with Crippen molar-refractivity contribution in [3.8, 4) is 0 Å². The zero-order chi connectivity index (χ0) is 24.3. The molecule has 0 saturated heterocycles. The Bertz CT molecular complexity index is 1140. The molecule has 0 radical (unpaired) electrons. The lowest BCUT2D eigenvalue weighted by Crippen LogP contribution is -2.42. The second kappa shape index (κ2) is 9.75. The van der Waals surface area contributed by atoms with E-state index in [1.807, 2.05) is 56.9 Å². The van der Waals surface area contributed by atoms with Crippen LogP contribution in [0, 0.1) is 0 Å². The fourth-order valence-electron chi connectivity index (χ4n) is 4.24. The van der Waals surface area contributed by atoms with Gasteiger partial charge in [0.1, 0.15) is 5.60 Å². The molecule has 0 aliphatic carbocycles. The molecule has 33 heavy (non-hydrogen) atoms. The Balaban J connectivity index is 2.03. The second-order valence-corrected chi connectivity index (χ2v) is 8.94. The molecule has 0 bridgehead atoms. The van der Waals surface area contributed by atoms with Crippen LogP contribution in [0.1, 0.15) is 62.7 Å². The summed E-state index contributed by atoms with van der Waals surface area (Å²) in [7, 11) is 1.80. The van der Waals surface area contributed by atoms with Crippen LogP contribution in [0.4, 0.5) is 0 Å². The van der Waals surface area contributed by atoms with E-state index >= 15 is 0 Å². The summed E-state index contributed by atoms with van der Waals surface area (Å²) in [5.74, 6) is -0.521. The Kier molecular flexibility index (Phi) is 7.22. The van der Waals surface area contributed by atoms with Crippen LogP contribution >= 0.6 is 0 Å². The number of esters is 1. The van der Waals surface area contributed by atoms with Crippen molar-refractivity contribution in [1.82, 2.24) is 14.5 Å². The van der Waals surface area contributed by atoms with E-state index in [2.05, 4.69) is 4.98 Å². The molecule has 1 aromatic heterocycles. The zero-order valence-electron chi connectivity index (χ0n) is 20.2. The van der Waals surface area contributed by atoms with E-state index < -0.39 is 11.6 Å². The van der Waals surface area contributed by atoms with Gasteiger partial charge in [0.2, 0.25) is 0 Å². The number of aromatic nitrogens is 2. The summed E-state index contributed by atoms with van der Waals surface area (Å²) >= 11 is 0. The molecule has 0 saturated carbocycles. The quantitative estimate of drug-likeness (QED) is 0.523. The first kappa shape index (κ1) is 24.5. The van der Waals surface area contributed by atoms with Gasteiger partial charge >= 0.3 is 5.97 Å². The molecule has 7 nitrogen and oxygen atoms in total. The molecule has 0 aliphatic heterocycles. The van der Waals surface area contributed by atoms with Gasteiger partial charge in [-0.25, -0.2) is 4.98 Å². The summed E-state index contributed by atoms with van der Waals surface area (Å²) in [6, 6.07) is 11.2. The summed E-state index contributed by atoms with van der Waals surface area (Å²) in [6.07, 6.45) is 3.02. The first-order valence-corrected chi connectivity index (χ1v) is 11.3. The van der Waals surface area contributed by atoms with Crippen molar-refractivity contribution >= 4 is 22.6 Å². The third-order valence-corrected chi connectivity index (χ3v) is 5.75. The van der Waals surface area contributed by atoms with Crippen LogP contribution < -0.4 is 0 Å². The van der Waals surface area contributed by atoms with Crippen LogP contribution in [0.5, 0.6) is 0 Å². The van der Waals surface area contributed by atoms with Gasteiger partial charge < -0.3 is 19.3 Å². The Morgan fingerprint density at radius 3 is 2.30 bits per heavy atom. The zero-order valence-corrected chi connectivity index (χ0v) is 20.2. The number of imidazole rings is 1. The molecule has 2 aromatic carbocycles. The van der Waals surface area contributed by atoms with Crippen LogP contribution in [0.25, 0.3) is 10.8 Å². The van der Waals surface area contributed by atoms with E-state index in [1.54, 1.807) is 43.2 Å². The SMILES string of the molecule is CCOC(=O)CC(O)(c1ccc2cc(C(=O)N(C(C)C)C(C)C)ccc2c1)c1cn(C)cn1. The number of carbonyl (C=O) groups is 2. The average Bonchev–Trinajstić information content (AvgIpc) is 3.19. The van der Waals surface area contributed by atoms with E-state index in [4.69, 9.17) is 4.74 Å². The van der Waals surface area contributed by atoms with Gasteiger partial charge in [-0.05, 0) is 69.2 Å². The lowest BCUT2D eigenvalue weighted by molar-refractivity contribution is -0.147. The second-order valence-electron chi connectivity index (χ2n) is 8.94. The maximum atomic E-state index is 13.1. The van der Waals surface area contributed by atoms with E-state index in [0.29, 0.717) is 16.8 Å². The van der Waals surface area contributed by atoms with Crippen molar-refractivity contribution in [2.24, 2.45) is 7.05 Å². The molecule has 1 heterocycles. The van der Waals surface area contributed by atoms with Crippen LogP contribution in [-0.4, -0.2) is 50.1 Å². The van der Waals surface area contributed by atoms with Crippen molar-refractivity contribution in [2.45, 2.75) is 58.7 Å². The Hall–Kier alpha value is -3.19. The molecule has 0 spiro atoms. The monoisotopic (exact) mass is 451 g/mol. The number of hydrogen-bond acceptors (Lipinski definition) is 5. The predicted molar refractivity (Wildman–Crippen MR) is 128 cm³/mol. The molecule has 3 aromatic rings. The Morgan fingerprint density at radius 2 is 1.73 bits per heavy atom. The molecule has 0 aliphatic rings. The Morgan fingerprint density at radius 1 is 1.09 bits per heavy atom. The van der Waals surface area contributed by atoms with Crippen molar-refractivity contribution in [3.05, 3.63) is 65.7 Å². The molecular formula is C26H33N3O4. The van der Waals surface area contributed by atoms with Crippen LogP contribution in [0.2, 0.25) is 0 Å². The molecule has 1 atom stereocenters. The highest BCUT2D eigenvalue weighted by atomic mass is 16.5. The van der Waals surface area contributed by atoms with Gasteiger partial charge in [0.05, 0.1) is 25.0 Å². The fraction of sp³-hybridized carbons (Fsp3) is 0.423. The van der Waals surface area contributed by atoms with Gasteiger partial charge in [-0.1, -0.05) is 18.2 Å². The van der Waals surface area contributed by atoms with Gasteiger partial charge in [-0.2, -0.15) is 0 Å². The number of carbonyl (C=O) groups excluding carboxylic acids is 2. The highest BCUT2D eigenvalue weighted by molar-refractivity contribution is 5.99. The first-order valence-electron chi connectivity index (χ1n) is 11.3. The molecule has 1 N–H and O–H groups in total. The molecule has 1 amide bonds. The first-order chi connectivity index (χ1) is 15.6. The van der Waals surface area contributed by atoms with Gasteiger partial charge in [0, 0.05) is 30.9 Å². The van der Waals surface area contributed by atoms with Gasteiger partial charge in [-0.15, -0.1) is 0 Å². The topological polar surface area (TPSA) is 84.7 Å². The van der Waals surface area contributed by atoms with Gasteiger partial charge in [-0.3, -0.25) is 9.59 Å². The summed E-state index contributed by atoms with van der Waals surface area (Å²) in [4.78, 5) is 31.6.